The first kappa shape index (κ1) is 54.2. The highest BCUT2D eigenvalue weighted by Crippen LogP contribution is 2.23. The summed E-state index contributed by atoms with van der Waals surface area (Å²) < 4.78 is 11.2. The Bertz CT molecular complexity index is 1050. The number of carbonyl (C=O) groups is 1. The van der Waals surface area contributed by atoms with Gasteiger partial charge in [0.2, 0.25) is 5.91 Å². The second-order valence-electron chi connectivity index (χ2n) is 16.6. The lowest BCUT2D eigenvalue weighted by Gasteiger charge is -2.40. The number of hydrogen-bond donors (Lipinski definition) is 6. The van der Waals surface area contributed by atoms with Gasteiger partial charge in [-0.25, -0.2) is 0 Å². The van der Waals surface area contributed by atoms with E-state index in [4.69, 9.17) is 9.47 Å². The summed E-state index contributed by atoms with van der Waals surface area (Å²) in [5.74, 6) is -0.199. The molecule has 9 heteroatoms. The van der Waals surface area contributed by atoms with Crippen molar-refractivity contribution < 1.29 is 39.8 Å². The number of nitrogens with one attached hydrogen (secondary N) is 1. The van der Waals surface area contributed by atoms with Crippen LogP contribution >= 0.6 is 0 Å². The maximum absolute atomic E-state index is 13.0. The standard InChI is InChI=1S/C49H89NO8/c1-3-5-7-9-11-13-15-17-19-20-21-22-23-24-25-27-29-31-33-35-37-39-45(53)50-42(41-57-49-48(56)47(55)46(54)44(40-51)58-49)43(52)38-36-34-32-30-28-26-18-16-14-12-10-8-6-4-2/h19-20,22-23,25,27,31,33,42-44,46-49,51-52,54-56H,3-18,21,24,26,28-30,32,34-41H2,1-2H3,(H,50,53)/b20-19+,23-22+,27-25+,33-31+/t42-,43+,44-,46-,47?,48?,49-/m0/s1. The fraction of sp³-hybridized carbons (Fsp3) is 0.816. The maximum atomic E-state index is 13.0. The molecule has 58 heavy (non-hydrogen) atoms. The number of aliphatic hydroxyl groups excluding tert-OH is 5. The summed E-state index contributed by atoms with van der Waals surface area (Å²) in [5, 5.41) is 54.3. The molecule has 0 aromatic carbocycles. The van der Waals surface area contributed by atoms with Crippen LogP contribution < -0.4 is 5.32 Å². The van der Waals surface area contributed by atoms with E-state index in [0.717, 1.165) is 44.9 Å². The van der Waals surface area contributed by atoms with Crippen LogP contribution in [0.25, 0.3) is 0 Å². The van der Waals surface area contributed by atoms with Crippen molar-refractivity contribution in [3.05, 3.63) is 48.6 Å². The normalized spacial score (nSPS) is 21.3. The van der Waals surface area contributed by atoms with Crippen LogP contribution in [0.15, 0.2) is 48.6 Å². The van der Waals surface area contributed by atoms with Gasteiger partial charge in [-0.3, -0.25) is 4.79 Å². The van der Waals surface area contributed by atoms with Crippen molar-refractivity contribution in [3.63, 3.8) is 0 Å². The molecule has 0 spiro atoms. The minimum atomic E-state index is -1.56. The van der Waals surface area contributed by atoms with Gasteiger partial charge in [-0.1, -0.05) is 191 Å². The van der Waals surface area contributed by atoms with E-state index in [1.807, 2.05) is 0 Å². The summed E-state index contributed by atoms with van der Waals surface area (Å²) in [6, 6.07) is -0.748. The Labute approximate surface area is 354 Å². The quantitative estimate of drug-likeness (QED) is 0.0265. The van der Waals surface area contributed by atoms with Gasteiger partial charge in [0.05, 0.1) is 25.4 Å². The average molecular weight is 820 g/mol. The molecule has 0 aromatic heterocycles. The van der Waals surface area contributed by atoms with Crippen LogP contribution in [0, 0.1) is 0 Å². The minimum Gasteiger partial charge on any atom is -0.394 e. The number of ether oxygens (including phenoxy) is 2. The lowest BCUT2D eigenvalue weighted by Crippen LogP contribution is -2.60. The van der Waals surface area contributed by atoms with Crippen LogP contribution in [0.5, 0.6) is 0 Å². The zero-order chi connectivity index (χ0) is 42.3. The summed E-state index contributed by atoms with van der Waals surface area (Å²) in [6.45, 7) is 3.79. The van der Waals surface area contributed by atoms with Crippen LogP contribution in [-0.4, -0.2) is 87.5 Å². The number of amides is 1. The lowest BCUT2D eigenvalue weighted by molar-refractivity contribution is -0.302. The van der Waals surface area contributed by atoms with Crippen molar-refractivity contribution >= 4 is 5.91 Å². The molecule has 0 radical (unpaired) electrons. The number of unbranched alkanes of at least 4 members (excludes halogenated alkanes) is 21. The Balaban J connectivity index is 2.36. The molecule has 1 fully saturated rings. The Morgan fingerprint density at radius 2 is 1.02 bits per heavy atom. The molecule has 6 N–H and O–H groups in total. The molecule has 9 nitrogen and oxygen atoms in total. The van der Waals surface area contributed by atoms with Gasteiger partial charge in [0.1, 0.15) is 24.4 Å². The van der Waals surface area contributed by atoms with E-state index in [-0.39, 0.29) is 12.5 Å². The summed E-state index contributed by atoms with van der Waals surface area (Å²) in [7, 11) is 0. The van der Waals surface area contributed by atoms with Crippen LogP contribution in [0.3, 0.4) is 0 Å². The van der Waals surface area contributed by atoms with Crippen molar-refractivity contribution in [2.75, 3.05) is 13.2 Å². The largest absolute Gasteiger partial charge is 0.394 e. The molecule has 1 saturated heterocycles. The van der Waals surface area contributed by atoms with Gasteiger partial charge in [-0.05, 0) is 51.4 Å². The summed E-state index contributed by atoms with van der Waals surface area (Å²) in [6.07, 6.45) is 42.7. The maximum Gasteiger partial charge on any atom is 0.220 e. The van der Waals surface area contributed by atoms with Gasteiger partial charge in [0.15, 0.2) is 6.29 Å². The topological polar surface area (TPSA) is 149 Å². The van der Waals surface area contributed by atoms with E-state index in [9.17, 15) is 30.3 Å². The predicted molar refractivity (Wildman–Crippen MR) is 239 cm³/mol. The van der Waals surface area contributed by atoms with E-state index in [0.29, 0.717) is 19.3 Å². The average Bonchev–Trinajstić information content (AvgIpc) is 3.22. The fourth-order valence-corrected chi connectivity index (χ4v) is 7.33. The Kier molecular flexibility index (Phi) is 36.7. The van der Waals surface area contributed by atoms with Crippen molar-refractivity contribution in [1.82, 2.24) is 5.32 Å². The minimum absolute atomic E-state index is 0.161. The fourth-order valence-electron chi connectivity index (χ4n) is 7.33. The molecule has 0 aromatic rings. The molecule has 1 rings (SSSR count). The van der Waals surface area contributed by atoms with E-state index < -0.39 is 49.5 Å². The molecule has 1 heterocycles. The van der Waals surface area contributed by atoms with E-state index >= 15 is 0 Å². The first-order valence-electron chi connectivity index (χ1n) is 23.8. The van der Waals surface area contributed by atoms with E-state index in [2.05, 4.69) is 67.8 Å². The number of rotatable bonds is 39. The zero-order valence-corrected chi connectivity index (χ0v) is 37.0. The SMILES string of the molecule is CCCCCCCCC/C=C/C/C=C/C/C=C/C/C=C/CCCC(=O)N[C@@H](CO[C@H]1O[C@@H](CO)[C@H](O)C(O)C1O)[C@H](O)CCCCCCCCCCCCCCCC. The summed E-state index contributed by atoms with van der Waals surface area (Å²) in [5.41, 5.74) is 0. The van der Waals surface area contributed by atoms with Crippen LogP contribution in [0.4, 0.5) is 0 Å². The molecule has 0 aliphatic carbocycles. The molecule has 7 atom stereocenters. The monoisotopic (exact) mass is 820 g/mol. The van der Waals surface area contributed by atoms with Gasteiger partial charge >= 0.3 is 0 Å². The number of hydrogen-bond acceptors (Lipinski definition) is 8. The lowest BCUT2D eigenvalue weighted by atomic mass is 9.99. The second kappa shape index (κ2) is 39.3. The number of aliphatic hydroxyl groups is 5. The molecule has 1 aliphatic rings. The highest BCUT2D eigenvalue weighted by atomic mass is 16.7. The van der Waals surface area contributed by atoms with E-state index in [1.165, 1.54) is 122 Å². The van der Waals surface area contributed by atoms with Gasteiger partial charge in [0.25, 0.3) is 0 Å². The van der Waals surface area contributed by atoms with Crippen LogP contribution in [0.2, 0.25) is 0 Å². The highest BCUT2D eigenvalue weighted by molar-refractivity contribution is 5.76. The van der Waals surface area contributed by atoms with Gasteiger partial charge in [-0.2, -0.15) is 0 Å². The molecule has 1 aliphatic heterocycles. The Hall–Kier alpha value is -1.85. The van der Waals surface area contributed by atoms with E-state index in [1.54, 1.807) is 0 Å². The summed E-state index contributed by atoms with van der Waals surface area (Å²) >= 11 is 0. The van der Waals surface area contributed by atoms with Gasteiger partial charge in [-0.15, -0.1) is 0 Å². The smallest absolute Gasteiger partial charge is 0.220 e. The predicted octanol–water partition coefficient (Wildman–Crippen LogP) is 10.2. The summed E-state index contributed by atoms with van der Waals surface area (Å²) in [4.78, 5) is 13.0. The molecular weight excluding hydrogens is 731 g/mol. The third-order valence-electron chi connectivity index (χ3n) is 11.2. The van der Waals surface area contributed by atoms with Crippen LogP contribution in [0.1, 0.15) is 200 Å². The molecule has 0 bridgehead atoms. The van der Waals surface area contributed by atoms with Gasteiger partial charge < -0.3 is 40.3 Å². The first-order chi connectivity index (χ1) is 28.3. The third-order valence-corrected chi connectivity index (χ3v) is 11.2. The number of allylic oxidation sites excluding steroid dienone is 8. The van der Waals surface area contributed by atoms with Crippen molar-refractivity contribution in [3.8, 4) is 0 Å². The number of carbonyl (C=O) groups excluding carboxylic acids is 1. The molecule has 2 unspecified atom stereocenters. The van der Waals surface area contributed by atoms with Crippen molar-refractivity contribution in [2.45, 2.75) is 243 Å². The molecular formula is C49H89NO8. The third kappa shape index (κ3) is 29.4. The zero-order valence-electron chi connectivity index (χ0n) is 37.0. The molecule has 338 valence electrons. The van der Waals surface area contributed by atoms with Gasteiger partial charge in [0, 0.05) is 6.42 Å². The highest BCUT2D eigenvalue weighted by Gasteiger charge is 2.44. The van der Waals surface area contributed by atoms with Crippen molar-refractivity contribution in [1.29, 1.82) is 0 Å². The molecule has 0 saturated carbocycles. The Morgan fingerprint density at radius 3 is 1.50 bits per heavy atom. The van der Waals surface area contributed by atoms with Crippen molar-refractivity contribution in [2.24, 2.45) is 0 Å². The Morgan fingerprint density at radius 1 is 0.586 bits per heavy atom. The second-order valence-corrected chi connectivity index (χ2v) is 16.6. The molecule has 1 amide bonds. The first-order valence-corrected chi connectivity index (χ1v) is 23.8. The van der Waals surface area contributed by atoms with Crippen LogP contribution in [-0.2, 0) is 14.3 Å².